The third-order valence-electron chi connectivity index (χ3n) is 3.22. The Balaban J connectivity index is 3.34. The molecule has 0 fully saturated rings. The first-order valence-electron chi connectivity index (χ1n) is 6.18. The fraction of sp³-hybridized carbons (Fsp3) is 0.538. The molecule has 0 aromatic heterocycles. The van der Waals surface area contributed by atoms with E-state index in [4.69, 9.17) is 5.73 Å². The Morgan fingerprint density at radius 2 is 1.94 bits per heavy atom. The molecule has 5 heteroatoms. The smallest absolute Gasteiger partial charge is 0.177 e. The van der Waals surface area contributed by atoms with Crippen LogP contribution in [0.25, 0.3) is 0 Å². The molecular weight excluding hydrogens is 248 g/mol. The lowest BCUT2D eigenvalue weighted by Crippen LogP contribution is -2.33. The van der Waals surface area contributed by atoms with Crippen molar-refractivity contribution in [1.82, 2.24) is 0 Å². The van der Waals surface area contributed by atoms with E-state index in [-0.39, 0.29) is 4.90 Å². The Labute approximate surface area is 110 Å². The van der Waals surface area contributed by atoms with Crippen molar-refractivity contribution in [2.24, 2.45) is 0 Å². The van der Waals surface area contributed by atoms with Crippen LogP contribution in [0.4, 0.5) is 11.4 Å². The summed E-state index contributed by atoms with van der Waals surface area (Å²) in [7, 11) is -3.28. The Kier molecular flexibility index (Phi) is 4.62. The third-order valence-corrected chi connectivity index (χ3v) is 4.37. The normalized spacial score (nSPS) is 13.3. The van der Waals surface area contributed by atoms with E-state index in [9.17, 15) is 8.42 Å². The van der Waals surface area contributed by atoms with E-state index in [1.807, 2.05) is 13.0 Å². The van der Waals surface area contributed by atoms with Crippen LogP contribution in [0.5, 0.6) is 0 Å². The SMILES string of the molecule is CCC(C)N(CC)c1cccc(S(C)(=O)=O)c1N. The third kappa shape index (κ3) is 2.96. The molecule has 0 saturated carbocycles. The minimum absolute atomic E-state index is 0.210. The lowest BCUT2D eigenvalue weighted by atomic mass is 10.1. The van der Waals surface area contributed by atoms with Gasteiger partial charge in [0.05, 0.1) is 16.3 Å². The van der Waals surface area contributed by atoms with Gasteiger partial charge in [0.15, 0.2) is 9.84 Å². The largest absolute Gasteiger partial charge is 0.396 e. The van der Waals surface area contributed by atoms with Crippen LogP contribution in [0.3, 0.4) is 0 Å². The highest BCUT2D eigenvalue weighted by Crippen LogP contribution is 2.31. The molecule has 0 radical (unpaired) electrons. The highest BCUT2D eigenvalue weighted by atomic mass is 32.2. The average molecular weight is 270 g/mol. The predicted molar refractivity (Wildman–Crippen MR) is 76.7 cm³/mol. The number of benzene rings is 1. The van der Waals surface area contributed by atoms with E-state index >= 15 is 0 Å². The van der Waals surface area contributed by atoms with Crippen LogP contribution in [0.1, 0.15) is 27.2 Å². The van der Waals surface area contributed by atoms with Crippen molar-refractivity contribution in [3.8, 4) is 0 Å². The monoisotopic (exact) mass is 270 g/mol. The van der Waals surface area contributed by atoms with Gasteiger partial charge in [0.25, 0.3) is 0 Å². The Morgan fingerprint density at radius 3 is 2.39 bits per heavy atom. The molecule has 2 N–H and O–H groups in total. The van der Waals surface area contributed by atoms with E-state index in [0.717, 1.165) is 18.7 Å². The fourth-order valence-corrected chi connectivity index (χ4v) is 2.88. The summed E-state index contributed by atoms with van der Waals surface area (Å²) in [5.74, 6) is 0. The molecule has 1 atom stereocenters. The summed E-state index contributed by atoms with van der Waals surface area (Å²) < 4.78 is 23.3. The topological polar surface area (TPSA) is 63.4 Å². The van der Waals surface area contributed by atoms with Crippen molar-refractivity contribution >= 4 is 21.2 Å². The van der Waals surface area contributed by atoms with Gasteiger partial charge in [-0.05, 0) is 32.4 Å². The minimum atomic E-state index is -3.28. The van der Waals surface area contributed by atoms with Crippen molar-refractivity contribution in [3.05, 3.63) is 18.2 Å². The van der Waals surface area contributed by atoms with Gasteiger partial charge in [-0.15, -0.1) is 0 Å². The summed E-state index contributed by atoms with van der Waals surface area (Å²) in [6.45, 7) is 7.05. The molecule has 0 aliphatic carbocycles. The van der Waals surface area contributed by atoms with Crippen molar-refractivity contribution < 1.29 is 8.42 Å². The molecule has 102 valence electrons. The Morgan fingerprint density at radius 1 is 1.33 bits per heavy atom. The second kappa shape index (κ2) is 5.61. The molecule has 1 unspecified atom stereocenters. The summed E-state index contributed by atoms with van der Waals surface area (Å²) in [4.78, 5) is 2.34. The maximum atomic E-state index is 11.7. The highest BCUT2D eigenvalue weighted by Gasteiger charge is 2.19. The van der Waals surface area contributed by atoms with Crippen LogP contribution in [-0.4, -0.2) is 27.3 Å². The minimum Gasteiger partial charge on any atom is -0.396 e. The number of nitrogen functional groups attached to an aromatic ring is 1. The number of nitrogens with zero attached hydrogens (tertiary/aromatic N) is 1. The first kappa shape index (κ1) is 14.8. The van der Waals surface area contributed by atoms with Gasteiger partial charge in [0, 0.05) is 18.8 Å². The number of rotatable bonds is 5. The van der Waals surface area contributed by atoms with Gasteiger partial charge in [-0.3, -0.25) is 0 Å². The zero-order valence-electron chi connectivity index (χ0n) is 11.5. The van der Waals surface area contributed by atoms with Crippen LogP contribution in [0, 0.1) is 0 Å². The average Bonchev–Trinajstić information content (AvgIpc) is 2.30. The quantitative estimate of drug-likeness (QED) is 0.834. The van der Waals surface area contributed by atoms with Gasteiger partial charge >= 0.3 is 0 Å². The maximum absolute atomic E-state index is 11.7. The van der Waals surface area contributed by atoms with Crippen molar-refractivity contribution in [1.29, 1.82) is 0 Å². The number of hydrogen-bond donors (Lipinski definition) is 1. The van der Waals surface area contributed by atoms with E-state index < -0.39 is 9.84 Å². The molecule has 1 aromatic carbocycles. The zero-order valence-corrected chi connectivity index (χ0v) is 12.3. The molecule has 4 nitrogen and oxygen atoms in total. The summed E-state index contributed by atoms with van der Waals surface area (Å²) in [5.41, 5.74) is 7.17. The van der Waals surface area contributed by atoms with Gasteiger partial charge in [-0.2, -0.15) is 0 Å². The fourth-order valence-electron chi connectivity index (χ4n) is 2.05. The molecule has 0 heterocycles. The van der Waals surface area contributed by atoms with Gasteiger partial charge in [0.1, 0.15) is 0 Å². The van der Waals surface area contributed by atoms with Crippen LogP contribution in [-0.2, 0) is 9.84 Å². The summed E-state index contributed by atoms with van der Waals surface area (Å²) in [5, 5.41) is 0. The van der Waals surface area contributed by atoms with E-state index in [1.54, 1.807) is 12.1 Å². The highest BCUT2D eigenvalue weighted by molar-refractivity contribution is 7.90. The molecular formula is C13H22N2O2S. The summed E-state index contributed by atoms with van der Waals surface area (Å²) in [6, 6.07) is 5.50. The standard InChI is InChI=1S/C13H22N2O2S/c1-5-10(3)15(6-2)11-8-7-9-12(13(11)14)18(4,16)17/h7-10H,5-6,14H2,1-4H3. The van der Waals surface area contributed by atoms with Crippen molar-refractivity contribution in [2.45, 2.75) is 38.1 Å². The van der Waals surface area contributed by atoms with Gasteiger partial charge in [0.2, 0.25) is 0 Å². The molecule has 0 aliphatic heterocycles. The summed E-state index contributed by atoms with van der Waals surface area (Å²) in [6.07, 6.45) is 2.17. The molecule has 1 aromatic rings. The van der Waals surface area contributed by atoms with E-state index in [2.05, 4.69) is 18.7 Å². The molecule has 18 heavy (non-hydrogen) atoms. The number of para-hydroxylation sites is 1. The van der Waals surface area contributed by atoms with Crippen molar-refractivity contribution in [3.63, 3.8) is 0 Å². The predicted octanol–water partition coefficient (Wildman–Crippen LogP) is 2.30. The van der Waals surface area contributed by atoms with E-state index in [1.165, 1.54) is 6.26 Å². The first-order valence-corrected chi connectivity index (χ1v) is 8.07. The van der Waals surface area contributed by atoms with Gasteiger partial charge in [-0.25, -0.2) is 8.42 Å². The van der Waals surface area contributed by atoms with E-state index in [0.29, 0.717) is 11.7 Å². The second-order valence-electron chi connectivity index (χ2n) is 4.50. The van der Waals surface area contributed by atoms with Crippen LogP contribution >= 0.6 is 0 Å². The molecule has 0 bridgehead atoms. The summed E-state index contributed by atoms with van der Waals surface area (Å²) >= 11 is 0. The number of nitrogens with two attached hydrogens (primary N) is 1. The van der Waals surface area contributed by atoms with Crippen molar-refractivity contribution in [2.75, 3.05) is 23.4 Å². The zero-order chi connectivity index (χ0) is 13.9. The first-order chi connectivity index (χ1) is 8.32. The van der Waals surface area contributed by atoms with Gasteiger partial charge < -0.3 is 10.6 Å². The molecule has 0 aliphatic rings. The van der Waals surface area contributed by atoms with Crippen LogP contribution in [0.15, 0.2) is 23.1 Å². The number of sulfone groups is 1. The molecule has 0 saturated heterocycles. The van der Waals surface area contributed by atoms with Gasteiger partial charge in [-0.1, -0.05) is 13.0 Å². The molecule has 0 spiro atoms. The Hall–Kier alpha value is -1.23. The van der Waals surface area contributed by atoms with Crippen LogP contribution < -0.4 is 10.6 Å². The number of anilines is 2. The number of hydrogen-bond acceptors (Lipinski definition) is 4. The molecule has 0 amide bonds. The lowest BCUT2D eigenvalue weighted by Gasteiger charge is -2.31. The Bertz CT molecular complexity index is 512. The second-order valence-corrected chi connectivity index (χ2v) is 6.49. The maximum Gasteiger partial charge on any atom is 0.177 e. The molecule has 1 rings (SSSR count). The van der Waals surface area contributed by atoms with Crippen LogP contribution in [0.2, 0.25) is 0 Å². The lowest BCUT2D eigenvalue weighted by molar-refractivity contribution is 0.601.